The average Bonchev–Trinajstić information content (AvgIpc) is 2.72. The van der Waals surface area contributed by atoms with E-state index in [0.717, 1.165) is 30.3 Å². The molecule has 0 aromatic heterocycles. The van der Waals surface area contributed by atoms with Gasteiger partial charge in [-0.1, -0.05) is 29.8 Å². The van der Waals surface area contributed by atoms with Gasteiger partial charge in [-0.25, -0.2) is 0 Å². The number of hydrogen-bond acceptors (Lipinski definition) is 3. The van der Waals surface area contributed by atoms with Crippen molar-refractivity contribution < 1.29 is 40.6 Å². The molecule has 11 heteroatoms. The topological polar surface area (TPSA) is 47.6 Å². The Kier molecular flexibility index (Phi) is 6.78. The molecule has 174 valence electrons. The number of methoxy groups -OCH3 is 1. The lowest BCUT2D eigenvalue weighted by Crippen LogP contribution is -2.17. The van der Waals surface area contributed by atoms with E-state index in [1.54, 1.807) is 0 Å². The molecule has 0 aliphatic rings. The average molecular weight is 490 g/mol. The predicted molar refractivity (Wildman–Crippen MR) is 110 cm³/mol. The highest BCUT2D eigenvalue weighted by atomic mass is 35.5. The maximum atomic E-state index is 13.3. The van der Waals surface area contributed by atoms with Gasteiger partial charge in [-0.3, -0.25) is 4.79 Å². The van der Waals surface area contributed by atoms with Crippen LogP contribution in [0.2, 0.25) is 5.02 Å². The van der Waals surface area contributed by atoms with Crippen molar-refractivity contribution in [3.05, 3.63) is 76.8 Å². The number of nitrogens with one attached hydrogen (secondary N) is 1. The molecule has 0 saturated heterocycles. The third kappa shape index (κ3) is 6.10. The van der Waals surface area contributed by atoms with Crippen molar-refractivity contribution in [1.82, 2.24) is 0 Å². The van der Waals surface area contributed by atoms with Crippen molar-refractivity contribution in [2.24, 2.45) is 0 Å². The van der Waals surface area contributed by atoms with Crippen LogP contribution < -0.4 is 14.8 Å². The van der Waals surface area contributed by atoms with Gasteiger partial charge in [0.1, 0.15) is 11.5 Å². The van der Waals surface area contributed by atoms with Gasteiger partial charge in [-0.2, -0.15) is 13.2 Å². The normalized spacial score (nSPS) is 11.8. The molecular formula is C22H14ClF6NO3. The molecule has 3 aromatic carbocycles. The Morgan fingerprint density at radius 3 is 2.15 bits per heavy atom. The van der Waals surface area contributed by atoms with E-state index in [-0.39, 0.29) is 33.1 Å². The quantitative estimate of drug-likeness (QED) is 0.386. The first kappa shape index (κ1) is 24.2. The second-order valence-corrected chi connectivity index (χ2v) is 7.07. The van der Waals surface area contributed by atoms with Gasteiger partial charge in [0.25, 0.3) is 5.91 Å². The van der Waals surface area contributed by atoms with E-state index in [4.69, 9.17) is 16.3 Å². The minimum absolute atomic E-state index is 0.0131. The van der Waals surface area contributed by atoms with Gasteiger partial charge in [0.2, 0.25) is 0 Å². The minimum Gasteiger partial charge on any atom is -0.496 e. The zero-order chi connectivity index (χ0) is 24.4. The lowest BCUT2D eigenvalue weighted by atomic mass is 10.0. The predicted octanol–water partition coefficient (Wildman–Crippen LogP) is 7.19. The fraction of sp³-hybridized carbons (Fsp3) is 0.136. The van der Waals surface area contributed by atoms with Crippen molar-refractivity contribution in [2.45, 2.75) is 12.5 Å². The second kappa shape index (κ2) is 9.22. The highest BCUT2D eigenvalue weighted by Crippen LogP contribution is 2.37. The highest BCUT2D eigenvalue weighted by Gasteiger charge is 2.32. The van der Waals surface area contributed by atoms with Gasteiger partial charge in [0, 0.05) is 16.3 Å². The van der Waals surface area contributed by atoms with Crippen LogP contribution in [0.5, 0.6) is 11.5 Å². The Bertz CT molecular complexity index is 1160. The molecule has 1 N–H and O–H groups in total. The molecule has 0 radical (unpaired) electrons. The minimum atomic E-state index is -4.90. The first-order valence-corrected chi connectivity index (χ1v) is 9.47. The third-order valence-corrected chi connectivity index (χ3v) is 4.64. The van der Waals surface area contributed by atoms with E-state index < -0.39 is 29.8 Å². The fourth-order valence-electron chi connectivity index (χ4n) is 2.95. The van der Waals surface area contributed by atoms with Crippen LogP contribution in [0.15, 0.2) is 60.7 Å². The van der Waals surface area contributed by atoms with E-state index in [1.165, 1.54) is 37.4 Å². The zero-order valence-electron chi connectivity index (χ0n) is 16.6. The Balaban J connectivity index is 2.01. The molecule has 1 amide bonds. The van der Waals surface area contributed by atoms with Crippen LogP contribution in [0.3, 0.4) is 0 Å². The molecule has 3 aromatic rings. The standard InChI is InChI=1S/C22H14ClF6NO3/c1-32-19-11-14(23)5-9-17(19)20(31)30-18-10-13(21(24,25)26)4-8-16(18)12-2-6-15(7-3-12)33-22(27,28)29/h2-11H,1H3,(H,30,31). The van der Waals surface area contributed by atoms with E-state index in [0.29, 0.717) is 0 Å². The van der Waals surface area contributed by atoms with Crippen LogP contribution in [0.1, 0.15) is 15.9 Å². The first-order chi connectivity index (χ1) is 15.4. The summed E-state index contributed by atoms with van der Waals surface area (Å²) in [5.74, 6) is -1.18. The number of anilines is 1. The molecule has 0 heterocycles. The van der Waals surface area contributed by atoms with Crippen molar-refractivity contribution in [3.63, 3.8) is 0 Å². The highest BCUT2D eigenvalue weighted by molar-refractivity contribution is 6.31. The summed E-state index contributed by atoms with van der Waals surface area (Å²) in [6, 6.07) is 11.2. The number of hydrogen-bond donors (Lipinski definition) is 1. The van der Waals surface area contributed by atoms with Gasteiger partial charge in [0.05, 0.1) is 18.2 Å². The zero-order valence-corrected chi connectivity index (χ0v) is 17.4. The monoisotopic (exact) mass is 489 g/mol. The Morgan fingerprint density at radius 2 is 1.58 bits per heavy atom. The molecular weight excluding hydrogens is 476 g/mol. The molecule has 0 aliphatic carbocycles. The molecule has 0 saturated carbocycles. The summed E-state index contributed by atoms with van der Waals surface area (Å²) in [5.41, 5.74) is -0.836. The number of carbonyl (C=O) groups excluding carboxylic acids is 1. The van der Waals surface area contributed by atoms with Gasteiger partial charge in [-0.05, 0) is 48.0 Å². The number of halogens is 7. The maximum Gasteiger partial charge on any atom is 0.573 e. The molecule has 33 heavy (non-hydrogen) atoms. The Hall–Kier alpha value is -3.40. The fourth-order valence-corrected chi connectivity index (χ4v) is 3.12. The van der Waals surface area contributed by atoms with Gasteiger partial charge >= 0.3 is 12.5 Å². The van der Waals surface area contributed by atoms with Gasteiger partial charge < -0.3 is 14.8 Å². The smallest absolute Gasteiger partial charge is 0.496 e. The van der Waals surface area contributed by atoms with Crippen LogP contribution in [0, 0.1) is 0 Å². The van der Waals surface area contributed by atoms with Crippen molar-refractivity contribution in [2.75, 3.05) is 12.4 Å². The van der Waals surface area contributed by atoms with E-state index in [1.807, 2.05) is 0 Å². The largest absolute Gasteiger partial charge is 0.573 e. The molecule has 0 bridgehead atoms. The molecule has 0 spiro atoms. The summed E-state index contributed by atoms with van der Waals surface area (Å²) in [7, 11) is 1.29. The Morgan fingerprint density at radius 1 is 0.909 bits per heavy atom. The number of alkyl halides is 6. The molecule has 3 rings (SSSR count). The van der Waals surface area contributed by atoms with Crippen molar-refractivity contribution >= 4 is 23.2 Å². The molecule has 4 nitrogen and oxygen atoms in total. The number of benzene rings is 3. The van der Waals surface area contributed by atoms with Crippen molar-refractivity contribution in [3.8, 4) is 22.6 Å². The summed E-state index contributed by atoms with van der Waals surface area (Å²) >= 11 is 5.87. The molecule has 0 aliphatic heterocycles. The van der Waals surface area contributed by atoms with Gasteiger partial charge in [-0.15, -0.1) is 13.2 Å². The molecule has 0 unspecified atom stereocenters. The van der Waals surface area contributed by atoms with E-state index in [9.17, 15) is 31.1 Å². The van der Waals surface area contributed by atoms with Crippen LogP contribution in [-0.4, -0.2) is 19.4 Å². The number of ether oxygens (including phenoxy) is 2. The third-order valence-electron chi connectivity index (χ3n) is 4.40. The van der Waals surface area contributed by atoms with E-state index in [2.05, 4.69) is 10.1 Å². The number of amides is 1. The Labute approximate surface area is 188 Å². The number of rotatable bonds is 5. The van der Waals surface area contributed by atoms with Crippen LogP contribution in [0.25, 0.3) is 11.1 Å². The summed E-state index contributed by atoms with van der Waals surface area (Å²) in [4.78, 5) is 12.8. The summed E-state index contributed by atoms with van der Waals surface area (Å²) in [6.45, 7) is 0. The van der Waals surface area contributed by atoms with Gasteiger partial charge in [0.15, 0.2) is 0 Å². The first-order valence-electron chi connectivity index (χ1n) is 9.10. The van der Waals surface area contributed by atoms with Crippen LogP contribution in [0.4, 0.5) is 32.0 Å². The summed E-state index contributed by atoms with van der Waals surface area (Å²) < 4.78 is 85.8. The lowest BCUT2D eigenvalue weighted by molar-refractivity contribution is -0.274. The second-order valence-electron chi connectivity index (χ2n) is 6.63. The molecule has 0 fully saturated rings. The summed E-state index contributed by atoms with van der Waals surface area (Å²) in [5, 5.41) is 2.69. The van der Waals surface area contributed by atoms with E-state index >= 15 is 0 Å². The van der Waals surface area contributed by atoms with Crippen LogP contribution >= 0.6 is 11.6 Å². The van der Waals surface area contributed by atoms with Crippen LogP contribution in [-0.2, 0) is 6.18 Å². The summed E-state index contributed by atoms with van der Waals surface area (Å²) in [6.07, 6.45) is -9.59. The lowest BCUT2D eigenvalue weighted by Gasteiger charge is -2.16. The number of carbonyl (C=O) groups is 1. The van der Waals surface area contributed by atoms with Crippen molar-refractivity contribution in [1.29, 1.82) is 0 Å². The SMILES string of the molecule is COc1cc(Cl)ccc1C(=O)Nc1cc(C(F)(F)F)ccc1-c1ccc(OC(F)(F)F)cc1. The molecule has 0 atom stereocenters. The maximum absolute atomic E-state index is 13.3.